The van der Waals surface area contributed by atoms with Gasteiger partial charge in [0.25, 0.3) is 6.33 Å². The minimum absolute atomic E-state index is 0.618. The van der Waals surface area contributed by atoms with Crippen molar-refractivity contribution in [3.05, 3.63) is 250 Å². The Hall–Kier alpha value is -8.67. The molecule has 0 amide bonds. The van der Waals surface area contributed by atoms with Crippen molar-refractivity contribution in [3.63, 3.8) is 0 Å². The van der Waals surface area contributed by atoms with Crippen molar-refractivity contribution in [3.8, 4) is 0 Å². The highest BCUT2D eigenvalue weighted by molar-refractivity contribution is 5.15. The lowest BCUT2D eigenvalue weighted by Gasteiger charge is -1.95. The van der Waals surface area contributed by atoms with Crippen LogP contribution in [0.15, 0.2) is 167 Å². The van der Waals surface area contributed by atoms with Crippen LogP contribution in [-0.4, -0.2) is 59.8 Å². The van der Waals surface area contributed by atoms with E-state index in [1.807, 2.05) is 111 Å². The van der Waals surface area contributed by atoms with Gasteiger partial charge in [-0.25, -0.2) is 24.7 Å². The maximum Gasteiger partial charge on any atom is 0.289 e. The molecule has 0 aliphatic carbocycles. The third kappa shape index (κ3) is 31.8. The number of hydrogen-bond donors (Lipinski definition) is 0. The van der Waals surface area contributed by atoms with Gasteiger partial charge < -0.3 is 15.6 Å². The molecule has 0 aliphatic heterocycles. The van der Waals surface area contributed by atoms with Crippen molar-refractivity contribution in [2.45, 2.75) is 83.1 Å². The highest BCUT2D eigenvalue weighted by Gasteiger charge is 1.92. The summed E-state index contributed by atoms with van der Waals surface area (Å²) in [5.74, 6) is 0.829. The van der Waals surface area contributed by atoms with Gasteiger partial charge in [-0.15, -0.1) is 0 Å². The van der Waals surface area contributed by atoms with Gasteiger partial charge in [0.1, 0.15) is 18.3 Å². The lowest BCUT2D eigenvalue weighted by atomic mass is 10.2. The van der Waals surface area contributed by atoms with Crippen molar-refractivity contribution >= 4 is 0 Å². The van der Waals surface area contributed by atoms with Crippen LogP contribution in [0.3, 0.4) is 0 Å². The van der Waals surface area contributed by atoms with Gasteiger partial charge in [0.2, 0.25) is 5.69 Å². The van der Waals surface area contributed by atoms with Gasteiger partial charge in [0, 0.05) is 111 Å². The fourth-order valence-electron chi connectivity index (χ4n) is 4.19. The molecule has 0 atom stereocenters. The summed E-state index contributed by atoms with van der Waals surface area (Å²) in [6, 6.07) is 15.1. The maximum atomic E-state index is 10.5. The van der Waals surface area contributed by atoms with E-state index in [1.54, 1.807) is 81.8 Å². The van der Waals surface area contributed by atoms with Crippen LogP contribution in [0.1, 0.15) is 67.9 Å². The SMILES string of the molecule is Cc1cccc[n+]1[O-].Cc1cccnc1C.Cc1ccncc1.Cc1ccncn1.Cc1cnc(C)nc1.Cc1cnc[n+]([O-])c1.Cc1cncc(C)n1.Cc1cncc[n+]1[O-].Cc1cnccn1. The largest absolute Gasteiger partial charge is 0.711 e. The second kappa shape index (κ2) is 35.6. The first-order valence-electron chi connectivity index (χ1n) is 21.3. The monoisotopic (exact) mass is 934 g/mol. The normalized spacial score (nSPS) is 9.04. The van der Waals surface area contributed by atoms with Crippen molar-refractivity contribution in [1.29, 1.82) is 0 Å². The molecule has 9 rings (SSSR count). The van der Waals surface area contributed by atoms with Crippen LogP contribution in [0, 0.1) is 98.7 Å². The summed E-state index contributed by atoms with van der Waals surface area (Å²) < 4.78 is 2.28. The standard InChI is InChI=1S/C7H9N.2C6H8N2.C6H7NO.C6H7N.2C5H6N2O.2C5H6N2/c1-6-4-3-5-8-7(6)2;1-5-3-7-4-6(2)8-5;1-5-3-7-6(2)8-4-5;1-6-4-2-3-5-7(6)8;1-6-2-4-7-5-3-6;1-5-2-6-4-7(8)3-5;1-5-4-6-2-3-7(5)8;1-5-4-6-2-3-7-5;1-5-2-3-6-4-7-5/h3-5H,1-2H3;2*3-4H,1-2H3;2-5H,1H3;2-5H,1H3;2*2-4H,1H3;2*2-4H,1H3. The van der Waals surface area contributed by atoms with E-state index in [1.165, 1.54) is 54.8 Å². The summed E-state index contributed by atoms with van der Waals surface area (Å²) in [4.78, 5) is 46.6. The van der Waals surface area contributed by atoms with Crippen LogP contribution in [0.5, 0.6) is 0 Å². The quantitative estimate of drug-likeness (QED) is 0.106. The van der Waals surface area contributed by atoms with Gasteiger partial charge in [0.15, 0.2) is 18.1 Å². The summed E-state index contributed by atoms with van der Waals surface area (Å²) >= 11 is 0. The molecule has 9 aromatic rings. The zero-order valence-corrected chi connectivity index (χ0v) is 41.5. The Morgan fingerprint density at radius 3 is 1.36 bits per heavy atom. The van der Waals surface area contributed by atoms with Crippen LogP contribution >= 0.6 is 0 Å². The second-order valence-corrected chi connectivity index (χ2v) is 14.6. The number of hydrogen-bond acceptors (Lipinski definition) is 15. The van der Waals surface area contributed by atoms with Gasteiger partial charge in [-0.1, -0.05) is 17.1 Å². The predicted octanol–water partition coefficient (Wildman–Crippen LogP) is 7.52. The number of pyridine rings is 3. The Labute approximate surface area is 405 Å². The van der Waals surface area contributed by atoms with E-state index in [0.29, 0.717) is 10.4 Å². The summed E-state index contributed by atoms with van der Waals surface area (Å²) in [6.45, 7) is 23.0. The summed E-state index contributed by atoms with van der Waals surface area (Å²) in [5, 5.41) is 31.4. The Morgan fingerprint density at radius 1 is 0.391 bits per heavy atom. The molecule has 0 N–H and O–H groups in total. The van der Waals surface area contributed by atoms with Crippen molar-refractivity contribution in [2.75, 3.05) is 0 Å². The first-order valence-corrected chi connectivity index (χ1v) is 21.3. The van der Waals surface area contributed by atoms with E-state index in [0.717, 1.165) is 60.6 Å². The molecule has 9 aromatic heterocycles. The van der Waals surface area contributed by atoms with Gasteiger partial charge in [0.05, 0.1) is 35.7 Å². The van der Waals surface area contributed by atoms with E-state index < -0.39 is 0 Å². The maximum absolute atomic E-state index is 10.5. The predicted molar refractivity (Wildman–Crippen MR) is 265 cm³/mol. The molecule has 0 saturated heterocycles. The number of aryl methyl sites for hydroxylation is 12. The number of rotatable bonds is 0. The zero-order chi connectivity index (χ0) is 51.2. The van der Waals surface area contributed by atoms with E-state index in [2.05, 4.69) is 72.8 Å². The van der Waals surface area contributed by atoms with Gasteiger partial charge in [-0.3, -0.25) is 34.9 Å². The highest BCUT2D eigenvalue weighted by atomic mass is 16.5. The molecule has 0 unspecified atom stereocenters. The molecular weight excluding hydrogens is 871 g/mol. The van der Waals surface area contributed by atoms with Gasteiger partial charge in [-0.2, -0.15) is 9.46 Å². The molecule has 0 radical (unpaired) electrons. The van der Waals surface area contributed by atoms with Crippen LogP contribution < -0.4 is 14.2 Å². The van der Waals surface area contributed by atoms with Crippen LogP contribution in [0.25, 0.3) is 0 Å². The summed E-state index contributed by atoms with van der Waals surface area (Å²) in [6.07, 6.45) is 30.9. The molecule has 18 nitrogen and oxygen atoms in total. The molecule has 360 valence electrons. The average Bonchev–Trinajstić information content (AvgIpc) is 3.33. The lowest BCUT2D eigenvalue weighted by molar-refractivity contribution is -0.613. The molecule has 0 spiro atoms. The lowest BCUT2D eigenvalue weighted by Crippen LogP contribution is -2.28. The number of aromatic nitrogens is 15. The van der Waals surface area contributed by atoms with Crippen LogP contribution in [0.4, 0.5) is 0 Å². The molecule has 0 aromatic carbocycles. The summed E-state index contributed by atoms with van der Waals surface area (Å²) in [5.41, 5.74) is 10.9. The third-order valence-corrected chi connectivity index (χ3v) is 8.03. The van der Waals surface area contributed by atoms with E-state index in [-0.39, 0.29) is 0 Å². The van der Waals surface area contributed by atoms with E-state index in [9.17, 15) is 15.6 Å². The number of nitrogens with zero attached hydrogens (tertiary/aromatic N) is 15. The van der Waals surface area contributed by atoms with E-state index in [4.69, 9.17) is 0 Å². The van der Waals surface area contributed by atoms with Crippen molar-refractivity contribution in [2.24, 2.45) is 0 Å². The third-order valence-electron chi connectivity index (χ3n) is 8.03. The second-order valence-electron chi connectivity index (χ2n) is 14.6. The minimum Gasteiger partial charge on any atom is -0.711 e. The Bertz CT molecular complexity index is 2330. The Kier molecular flexibility index (Phi) is 30.1. The molecule has 0 saturated carbocycles. The molecule has 18 heteroatoms. The highest BCUT2D eigenvalue weighted by Crippen LogP contribution is 1.98. The van der Waals surface area contributed by atoms with Gasteiger partial charge in [-0.05, 0) is 110 Å². The fraction of sp³-hybridized carbons (Fsp3) is 0.235. The average molecular weight is 934 g/mol. The van der Waals surface area contributed by atoms with Crippen molar-refractivity contribution in [1.82, 2.24) is 59.8 Å². The van der Waals surface area contributed by atoms with Crippen LogP contribution in [0.2, 0.25) is 0 Å². The topological polar surface area (TPSA) is 235 Å². The van der Waals surface area contributed by atoms with Gasteiger partial charge >= 0.3 is 0 Å². The van der Waals surface area contributed by atoms with Crippen molar-refractivity contribution < 1.29 is 14.2 Å². The van der Waals surface area contributed by atoms with E-state index >= 15 is 0 Å². The first-order chi connectivity index (χ1) is 33.0. The molecule has 0 bridgehead atoms. The van der Waals surface area contributed by atoms with Crippen LogP contribution in [-0.2, 0) is 0 Å². The molecule has 9 heterocycles. The molecule has 69 heavy (non-hydrogen) atoms. The smallest absolute Gasteiger partial charge is 0.289 e. The Morgan fingerprint density at radius 2 is 1.03 bits per heavy atom. The fourth-order valence-corrected chi connectivity index (χ4v) is 4.19. The first kappa shape index (κ1) is 58.3. The summed E-state index contributed by atoms with van der Waals surface area (Å²) in [7, 11) is 0. The Balaban J connectivity index is 0.000000388. The zero-order valence-electron chi connectivity index (χ0n) is 41.5. The molecule has 0 aliphatic rings. The molecule has 0 fully saturated rings. The minimum atomic E-state index is 0.618. The molecular formula is C51H63N15O3.